The fourth-order valence-corrected chi connectivity index (χ4v) is 2.72. The molecule has 0 fully saturated rings. The lowest BCUT2D eigenvalue weighted by molar-refractivity contribution is 0.103. The molecule has 0 aliphatic heterocycles. The van der Waals surface area contributed by atoms with Crippen LogP contribution in [0.15, 0.2) is 60.9 Å². The normalized spacial score (nSPS) is 14.0. The van der Waals surface area contributed by atoms with E-state index in [0.717, 1.165) is 28.3 Å². The first-order chi connectivity index (χ1) is 10.1. The van der Waals surface area contributed by atoms with E-state index in [2.05, 4.69) is 24.0 Å². The lowest BCUT2D eigenvalue weighted by Gasteiger charge is -2.26. The van der Waals surface area contributed by atoms with Crippen molar-refractivity contribution in [2.24, 2.45) is 0 Å². The van der Waals surface area contributed by atoms with Gasteiger partial charge in [0.2, 0.25) is 0 Å². The Hall–Kier alpha value is -2.19. The number of aryl methyl sites for hydroxylation is 1. The molecule has 0 aliphatic carbocycles. The minimum absolute atomic E-state index is 0.838. The molecule has 1 atom stereocenters. The zero-order valence-electron chi connectivity index (χ0n) is 12.4. The molecule has 0 amide bonds. The zero-order chi connectivity index (χ0) is 14.9. The van der Waals surface area contributed by atoms with Crippen molar-refractivity contribution in [2.75, 3.05) is 0 Å². The third-order valence-electron chi connectivity index (χ3n) is 4.12. The molecule has 0 spiro atoms. The predicted octanol–water partition coefficient (Wildman–Crippen LogP) is 4.05. The standard InChI is InChI=1S/C19H19NO/c1-3-14-8-10-16(11-9-14)19(2,21)18-13-20-12-15-6-4-5-7-17(15)18/h4-13,21H,3H2,1-2H3. The van der Waals surface area contributed by atoms with Gasteiger partial charge in [-0.25, -0.2) is 0 Å². The van der Waals surface area contributed by atoms with E-state index >= 15 is 0 Å². The van der Waals surface area contributed by atoms with Gasteiger partial charge in [-0.2, -0.15) is 0 Å². The zero-order valence-corrected chi connectivity index (χ0v) is 12.4. The van der Waals surface area contributed by atoms with Crippen LogP contribution in [0.5, 0.6) is 0 Å². The number of rotatable bonds is 3. The summed E-state index contributed by atoms with van der Waals surface area (Å²) in [5, 5.41) is 13.2. The Kier molecular flexibility index (Phi) is 3.48. The second-order valence-corrected chi connectivity index (χ2v) is 5.53. The number of benzene rings is 2. The first-order valence-corrected chi connectivity index (χ1v) is 7.28. The van der Waals surface area contributed by atoms with Crippen molar-refractivity contribution < 1.29 is 5.11 Å². The van der Waals surface area contributed by atoms with E-state index in [0.29, 0.717) is 0 Å². The Balaban J connectivity index is 2.14. The van der Waals surface area contributed by atoms with E-state index in [1.807, 2.05) is 49.5 Å². The van der Waals surface area contributed by atoms with Crippen molar-refractivity contribution in [1.29, 1.82) is 0 Å². The summed E-state index contributed by atoms with van der Waals surface area (Å²) in [5.41, 5.74) is 1.94. The first kappa shape index (κ1) is 13.8. The maximum atomic E-state index is 11.1. The number of aromatic nitrogens is 1. The molecule has 2 nitrogen and oxygen atoms in total. The van der Waals surface area contributed by atoms with Crippen LogP contribution in [0.4, 0.5) is 0 Å². The molecule has 3 aromatic rings. The van der Waals surface area contributed by atoms with E-state index in [9.17, 15) is 5.11 Å². The van der Waals surface area contributed by atoms with Crippen molar-refractivity contribution in [1.82, 2.24) is 4.98 Å². The van der Waals surface area contributed by atoms with Crippen LogP contribution in [-0.2, 0) is 12.0 Å². The number of pyridine rings is 1. The Bertz CT molecular complexity index is 755. The Morgan fingerprint density at radius 1 is 1.00 bits per heavy atom. The highest BCUT2D eigenvalue weighted by molar-refractivity contribution is 5.85. The molecule has 21 heavy (non-hydrogen) atoms. The summed E-state index contributed by atoms with van der Waals surface area (Å²) in [6.45, 7) is 3.96. The van der Waals surface area contributed by atoms with Gasteiger partial charge in [-0.1, -0.05) is 55.5 Å². The number of hydrogen-bond acceptors (Lipinski definition) is 2. The van der Waals surface area contributed by atoms with E-state index in [4.69, 9.17) is 0 Å². The highest BCUT2D eigenvalue weighted by atomic mass is 16.3. The van der Waals surface area contributed by atoms with Crippen molar-refractivity contribution in [3.05, 3.63) is 77.6 Å². The quantitative estimate of drug-likeness (QED) is 0.783. The fraction of sp³-hybridized carbons (Fsp3) is 0.211. The van der Waals surface area contributed by atoms with Gasteiger partial charge in [0, 0.05) is 23.3 Å². The van der Waals surface area contributed by atoms with E-state index < -0.39 is 5.60 Å². The van der Waals surface area contributed by atoms with Gasteiger partial charge in [-0.3, -0.25) is 4.98 Å². The summed E-state index contributed by atoms with van der Waals surface area (Å²) < 4.78 is 0. The van der Waals surface area contributed by atoms with Crippen molar-refractivity contribution in [3.63, 3.8) is 0 Å². The molecular weight excluding hydrogens is 258 g/mol. The number of fused-ring (bicyclic) bond motifs is 1. The van der Waals surface area contributed by atoms with E-state index in [-0.39, 0.29) is 0 Å². The van der Waals surface area contributed by atoms with Gasteiger partial charge in [-0.15, -0.1) is 0 Å². The molecule has 106 valence electrons. The topological polar surface area (TPSA) is 33.1 Å². The van der Waals surface area contributed by atoms with Crippen molar-refractivity contribution in [3.8, 4) is 0 Å². The van der Waals surface area contributed by atoms with Gasteiger partial charge in [0.1, 0.15) is 5.60 Å². The van der Waals surface area contributed by atoms with Crippen LogP contribution < -0.4 is 0 Å². The summed E-state index contributed by atoms with van der Waals surface area (Å²) in [7, 11) is 0. The summed E-state index contributed by atoms with van der Waals surface area (Å²) in [5.74, 6) is 0. The molecule has 1 heterocycles. The summed E-state index contributed by atoms with van der Waals surface area (Å²) in [4.78, 5) is 4.28. The van der Waals surface area contributed by atoms with Gasteiger partial charge in [0.05, 0.1) is 0 Å². The summed E-state index contributed by atoms with van der Waals surface area (Å²) in [6, 6.07) is 16.2. The second-order valence-electron chi connectivity index (χ2n) is 5.53. The smallest absolute Gasteiger partial charge is 0.114 e. The average molecular weight is 277 g/mol. The van der Waals surface area contributed by atoms with Crippen LogP contribution in [0, 0.1) is 0 Å². The number of nitrogens with zero attached hydrogens (tertiary/aromatic N) is 1. The largest absolute Gasteiger partial charge is 0.381 e. The Morgan fingerprint density at radius 3 is 2.43 bits per heavy atom. The first-order valence-electron chi connectivity index (χ1n) is 7.28. The molecule has 0 aliphatic rings. The van der Waals surface area contributed by atoms with Crippen LogP contribution in [0.25, 0.3) is 10.8 Å². The summed E-state index contributed by atoms with van der Waals surface area (Å²) in [6.07, 6.45) is 4.59. The molecule has 1 N–H and O–H groups in total. The molecule has 1 aromatic heterocycles. The fourth-order valence-electron chi connectivity index (χ4n) is 2.72. The molecule has 2 aromatic carbocycles. The molecule has 2 heteroatoms. The van der Waals surface area contributed by atoms with E-state index in [1.165, 1.54) is 5.56 Å². The molecular formula is C19H19NO. The van der Waals surface area contributed by atoms with Crippen LogP contribution in [0.3, 0.4) is 0 Å². The highest BCUT2D eigenvalue weighted by Crippen LogP contribution is 2.33. The van der Waals surface area contributed by atoms with Gasteiger partial charge in [0.25, 0.3) is 0 Å². The minimum atomic E-state index is -1.06. The molecule has 3 rings (SSSR count). The second kappa shape index (κ2) is 5.30. The summed E-state index contributed by atoms with van der Waals surface area (Å²) >= 11 is 0. The molecule has 1 unspecified atom stereocenters. The van der Waals surface area contributed by atoms with Crippen LogP contribution in [0.2, 0.25) is 0 Å². The lowest BCUT2D eigenvalue weighted by Crippen LogP contribution is -2.23. The molecule has 0 radical (unpaired) electrons. The lowest BCUT2D eigenvalue weighted by atomic mass is 9.86. The molecule has 0 bridgehead atoms. The average Bonchev–Trinajstić information content (AvgIpc) is 2.54. The molecule has 0 saturated heterocycles. The Labute approximate surface area is 125 Å². The number of hydrogen-bond donors (Lipinski definition) is 1. The van der Waals surface area contributed by atoms with E-state index in [1.54, 1.807) is 6.20 Å². The van der Waals surface area contributed by atoms with Crippen LogP contribution in [-0.4, -0.2) is 10.1 Å². The van der Waals surface area contributed by atoms with Crippen molar-refractivity contribution in [2.45, 2.75) is 25.9 Å². The maximum absolute atomic E-state index is 11.1. The monoisotopic (exact) mass is 277 g/mol. The minimum Gasteiger partial charge on any atom is -0.381 e. The SMILES string of the molecule is CCc1ccc(C(C)(O)c2cncc3ccccc23)cc1. The molecule has 0 saturated carbocycles. The Morgan fingerprint density at radius 2 is 1.71 bits per heavy atom. The predicted molar refractivity (Wildman–Crippen MR) is 86.2 cm³/mol. The van der Waals surface area contributed by atoms with Gasteiger partial charge >= 0.3 is 0 Å². The third kappa shape index (κ3) is 2.43. The van der Waals surface area contributed by atoms with Crippen LogP contribution in [0.1, 0.15) is 30.5 Å². The third-order valence-corrected chi connectivity index (χ3v) is 4.12. The van der Waals surface area contributed by atoms with Gasteiger partial charge in [0.15, 0.2) is 0 Å². The maximum Gasteiger partial charge on any atom is 0.114 e. The number of aliphatic hydroxyl groups is 1. The van der Waals surface area contributed by atoms with Crippen LogP contribution >= 0.6 is 0 Å². The van der Waals surface area contributed by atoms with Crippen molar-refractivity contribution >= 4 is 10.8 Å². The van der Waals surface area contributed by atoms with Gasteiger partial charge in [-0.05, 0) is 29.9 Å². The highest BCUT2D eigenvalue weighted by Gasteiger charge is 2.27. The van der Waals surface area contributed by atoms with Gasteiger partial charge < -0.3 is 5.11 Å².